The fourth-order valence-corrected chi connectivity index (χ4v) is 7.39. The van der Waals surface area contributed by atoms with Crippen LogP contribution in [0.15, 0.2) is 164 Å². The summed E-state index contributed by atoms with van der Waals surface area (Å²) in [5, 5.41) is 14.2. The lowest BCUT2D eigenvalue weighted by Gasteiger charge is -2.37. The minimum Gasteiger partial charge on any atom is -0.449 e. The number of ether oxygens (including phenoxy) is 1. The van der Waals surface area contributed by atoms with Crippen LogP contribution in [-0.4, -0.2) is 45.6 Å². The number of carbonyl (C=O) groups is 3. The van der Waals surface area contributed by atoms with E-state index in [-0.39, 0.29) is 12.5 Å². The summed E-state index contributed by atoms with van der Waals surface area (Å²) in [4.78, 5) is 42.4. The second-order valence-corrected chi connectivity index (χ2v) is 13.0. The van der Waals surface area contributed by atoms with Crippen molar-refractivity contribution in [1.29, 1.82) is 0 Å². The number of amides is 2. The topological polar surface area (TPSA) is 115 Å². The summed E-state index contributed by atoms with van der Waals surface area (Å²) >= 11 is 0. The number of hydrogen-bond acceptors (Lipinski definition) is 6. The van der Waals surface area contributed by atoms with Crippen molar-refractivity contribution in [1.82, 2.24) is 25.6 Å². The second-order valence-electron chi connectivity index (χ2n) is 13.0. The van der Waals surface area contributed by atoms with Crippen LogP contribution in [0, 0.1) is 0 Å². The largest absolute Gasteiger partial charge is 0.449 e. The van der Waals surface area contributed by atoms with Gasteiger partial charge < -0.3 is 15.4 Å². The van der Waals surface area contributed by atoms with E-state index in [0.717, 1.165) is 43.6 Å². The fourth-order valence-electron chi connectivity index (χ4n) is 7.39. The molecule has 1 heterocycles. The third-order valence-electron chi connectivity index (χ3n) is 9.83. The average Bonchev–Trinajstić information content (AvgIpc) is 3.79. The van der Waals surface area contributed by atoms with Crippen molar-refractivity contribution in [2.45, 2.75) is 23.9 Å². The van der Waals surface area contributed by atoms with Crippen LogP contribution >= 0.6 is 0 Å². The van der Waals surface area contributed by atoms with Crippen LogP contribution in [0.4, 0.5) is 4.79 Å². The molecule has 0 aliphatic heterocycles. The van der Waals surface area contributed by atoms with Gasteiger partial charge in [0.1, 0.15) is 23.7 Å². The van der Waals surface area contributed by atoms with E-state index in [1.165, 1.54) is 0 Å². The Morgan fingerprint density at radius 2 is 1.13 bits per heavy atom. The Bertz CT molecular complexity index is 2270. The van der Waals surface area contributed by atoms with Gasteiger partial charge in [0.2, 0.25) is 5.91 Å². The highest BCUT2D eigenvalue weighted by Crippen LogP contribution is 2.44. The Balaban J connectivity index is 1.11. The molecule has 53 heavy (non-hydrogen) atoms. The number of rotatable bonds is 10. The summed E-state index contributed by atoms with van der Waals surface area (Å²) in [5.74, 6) is -1.30. The molecule has 1 aromatic heterocycles. The number of hydrogen-bond donors (Lipinski definition) is 2. The van der Waals surface area contributed by atoms with Gasteiger partial charge in [0.15, 0.2) is 0 Å². The maximum absolute atomic E-state index is 14.4. The van der Waals surface area contributed by atoms with Gasteiger partial charge in [-0.15, -0.1) is 5.10 Å². The third-order valence-corrected chi connectivity index (χ3v) is 9.83. The number of para-hydroxylation sites is 1. The second kappa shape index (κ2) is 14.4. The van der Waals surface area contributed by atoms with Crippen LogP contribution in [0.3, 0.4) is 0 Å². The van der Waals surface area contributed by atoms with Gasteiger partial charge in [-0.2, -0.15) is 4.68 Å². The highest BCUT2D eigenvalue weighted by Gasteiger charge is 2.39. The standard InChI is InChI=1S/C44H35N5O4/c50-41(46-44(30-16-4-1-5-17-30,31-18-6-2-7-19-31)32-20-8-3-9-21-32)28-39(42(51)49-40-27-15-14-26-38(40)47-48-49)45-43(52)53-29-37-35-24-12-10-22-33(35)34-23-11-13-25-36(34)37/h1-27,37,39H,28-29H2,(H,45,52)(H,46,50)/t39-/m0/s1. The van der Waals surface area contributed by atoms with Crippen molar-refractivity contribution in [3.63, 3.8) is 0 Å². The van der Waals surface area contributed by atoms with Gasteiger partial charge in [0, 0.05) is 5.92 Å². The minimum absolute atomic E-state index is 0.0400. The first kappa shape index (κ1) is 33.3. The SMILES string of the molecule is O=C(C[C@H](NC(=O)OCC1c2ccccc2-c2ccccc21)C(=O)n1nnc2ccccc21)NC(c1ccccc1)(c1ccccc1)c1ccccc1. The zero-order valence-electron chi connectivity index (χ0n) is 28.6. The quantitative estimate of drug-likeness (QED) is 0.143. The average molecular weight is 698 g/mol. The zero-order chi connectivity index (χ0) is 36.2. The van der Waals surface area contributed by atoms with Gasteiger partial charge in [-0.05, 0) is 51.1 Å². The lowest BCUT2D eigenvalue weighted by Crippen LogP contribution is -2.52. The summed E-state index contributed by atoms with van der Waals surface area (Å²) in [5.41, 5.74) is 6.59. The Kier molecular flexibility index (Phi) is 9.04. The third kappa shape index (κ3) is 6.33. The molecule has 2 amide bonds. The highest BCUT2D eigenvalue weighted by molar-refractivity contribution is 5.96. The van der Waals surface area contributed by atoms with Gasteiger partial charge in [-0.3, -0.25) is 9.59 Å². The Labute approximate surface area is 306 Å². The van der Waals surface area contributed by atoms with Gasteiger partial charge in [-0.25, -0.2) is 4.79 Å². The molecule has 0 saturated heterocycles. The van der Waals surface area contributed by atoms with Crippen LogP contribution < -0.4 is 10.6 Å². The van der Waals surface area contributed by atoms with Crippen molar-refractivity contribution in [3.8, 4) is 11.1 Å². The van der Waals surface area contributed by atoms with Crippen LogP contribution in [0.25, 0.3) is 22.2 Å². The molecule has 0 spiro atoms. The van der Waals surface area contributed by atoms with Crippen LogP contribution in [-0.2, 0) is 15.1 Å². The predicted octanol–water partition coefficient (Wildman–Crippen LogP) is 7.48. The van der Waals surface area contributed by atoms with Crippen molar-refractivity contribution in [3.05, 3.63) is 192 Å². The molecule has 0 saturated carbocycles. The number of benzene rings is 6. The maximum Gasteiger partial charge on any atom is 0.407 e. The molecule has 0 fully saturated rings. The molecule has 8 rings (SSSR count). The van der Waals surface area contributed by atoms with Gasteiger partial charge in [0.05, 0.1) is 11.9 Å². The van der Waals surface area contributed by atoms with E-state index in [1.54, 1.807) is 24.3 Å². The number of carbonyl (C=O) groups excluding carboxylic acids is 3. The summed E-state index contributed by atoms with van der Waals surface area (Å²) in [7, 11) is 0. The molecule has 1 aliphatic carbocycles. The zero-order valence-corrected chi connectivity index (χ0v) is 28.6. The highest BCUT2D eigenvalue weighted by atomic mass is 16.5. The van der Waals surface area contributed by atoms with Crippen LogP contribution in [0.5, 0.6) is 0 Å². The number of nitrogens with one attached hydrogen (secondary N) is 2. The van der Waals surface area contributed by atoms with E-state index in [9.17, 15) is 14.4 Å². The van der Waals surface area contributed by atoms with E-state index in [0.29, 0.717) is 11.0 Å². The summed E-state index contributed by atoms with van der Waals surface area (Å²) < 4.78 is 6.96. The molecule has 7 aromatic rings. The molecule has 0 radical (unpaired) electrons. The van der Waals surface area contributed by atoms with E-state index in [2.05, 4.69) is 33.1 Å². The smallest absolute Gasteiger partial charge is 0.407 e. The van der Waals surface area contributed by atoms with Gasteiger partial charge in [-0.1, -0.05) is 157 Å². The number of alkyl carbamates (subject to hydrolysis) is 1. The van der Waals surface area contributed by atoms with Crippen LogP contribution in [0.1, 0.15) is 45.0 Å². The van der Waals surface area contributed by atoms with Gasteiger partial charge >= 0.3 is 6.09 Å². The van der Waals surface area contributed by atoms with Crippen molar-refractivity contribution in [2.24, 2.45) is 0 Å². The maximum atomic E-state index is 14.4. The first-order valence-electron chi connectivity index (χ1n) is 17.5. The molecule has 0 bridgehead atoms. The summed E-state index contributed by atoms with van der Waals surface area (Å²) in [6.45, 7) is 0.0400. The van der Waals surface area contributed by atoms with Crippen LogP contribution in [0.2, 0.25) is 0 Å². The van der Waals surface area contributed by atoms with Gasteiger partial charge in [0.25, 0.3) is 5.91 Å². The molecule has 1 aliphatic rings. The summed E-state index contributed by atoms with van der Waals surface area (Å²) in [6, 6.07) is 50.8. The molecular weight excluding hydrogens is 663 g/mol. The fraction of sp³-hybridized carbons (Fsp3) is 0.114. The lowest BCUT2D eigenvalue weighted by molar-refractivity contribution is -0.122. The first-order chi connectivity index (χ1) is 26.0. The molecule has 9 heteroatoms. The number of fused-ring (bicyclic) bond motifs is 4. The monoisotopic (exact) mass is 697 g/mol. The van der Waals surface area contributed by atoms with E-state index in [4.69, 9.17) is 4.74 Å². The molecule has 260 valence electrons. The lowest BCUT2D eigenvalue weighted by atomic mass is 9.77. The Morgan fingerprint density at radius 1 is 0.642 bits per heavy atom. The first-order valence-corrected chi connectivity index (χ1v) is 17.5. The number of aromatic nitrogens is 3. The van der Waals surface area contributed by atoms with E-state index < -0.39 is 35.9 Å². The molecule has 1 atom stereocenters. The predicted molar refractivity (Wildman–Crippen MR) is 202 cm³/mol. The van der Waals surface area contributed by atoms with Crippen molar-refractivity contribution >= 4 is 28.9 Å². The Hall–Kier alpha value is -6.87. The summed E-state index contributed by atoms with van der Waals surface area (Å²) in [6.07, 6.45) is -1.24. The van der Waals surface area contributed by atoms with E-state index in [1.807, 2.05) is 127 Å². The van der Waals surface area contributed by atoms with Crippen molar-refractivity contribution < 1.29 is 19.1 Å². The molecule has 2 N–H and O–H groups in total. The van der Waals surface area contributed by atoms with Crippen molar-refractivity contribution in [2.75, 3.05) is 6.61 Å². The molecule has 0 unspecified atom stereocenters. The number of nitrogens with zero attached hydrogens (tertiary/aromatic N) is 3. The normalized spacial score (nSPS) is 12.8. The van der Waals surface area contributed by atoms with E-state index >= 15 is 0 Å². The molecule has 6 aromatic carbocycles. The minimum atomic E-state index is -1.35. The Morgan fingerprint density at radius 3 is 1.70 bits per heavy atom. The molecule has 9 nitrogen and oxygen atoms in total. The molecular formula is C44H35N5O4.